The zero-order valence-corrected chi connectivity index (χ0v) is 10.1. The topological polar surface area (TPSA) is 76.3 Å². The van der Waals surface area contributed by atoms with Gasteiger partial charge in [0, 0.05) is 30.4 Å². The van der Waals surface area contributed by atoms with Crippen molar-refractivity contribution in [3.8, 4) is 0 Å². The fraction of sp³-hybridized carbons (Fsp3) is 0.231. The second kappa shape index (κ2) is 3.96. The summed E-state index contributed by atoms with van der Waals surface area (Å²) < 4.78 is 7.46. The maximum atomic E-state index is 8.87. The number of hydrogen-bond donors (Lipinski definition) is 3. The predicted octanol–water partition coefficient (Wildman–Crippen LogP) is 1.91. The number of furan rings is 1. The highest BCUT2D eigenvalue weighted by atomic mass is 16.3. The average Bonchev–Trinajstić information content (AvgIpc) is 2.87. The second-order valence-electron chi connectivity index (χ2n) is 4.30. The van der Waals surface area contributed by atoms with Gasteiger partial charge in [-0.2, -0.15) is 0 Å². The minimum absolute atomic E-state index is 0.107. The summed E-state index contributed by atoms with van der Waals surface area (Å²) in [6.07, 6.45) is 0. The molecule has 3 aromatic rings. The number of benzene rings is 1. The Morgan fingerprint density at radius 3 is 2.94 bits per heavy atom. The second-order valence-corrected chi connectivity index (χ2v) is 4.30. The number of nitrogens with zero attached hydrogens (tertiary/aromatic N) is 1. The van der Waals surface area contributed by atoms with Crippen LogP contribution >= 0.6 is 0 Å². The molecule has 0 saturated carbocycles. The van der Waals surface area contributed by atoms with Gasteiger partial charge in [-0.25, -0.2) is 0 Å². The Hall–Kier alpha value is -2.14. The van der Waals surface area contributed by atoms with Crippen molar-refractivity contribution in [3.05, 3.63) is 24.3 Å². The molecule has 0 saturated heterocycles. The number of anilines is 2. The molecule has 18 heavy (non-hydrogen) atoms. The van der Waals surface area contributed by atoms with E-state index in [1.54, 1.807) is 0 Å². The summed E-state index contributed by atoms with van der Waals surface area (Å²) in [6, 6.07) is 7.81. The Balaban J connectivity index is 2.24. The van der Waals surface area contributed by atoms with E-state index in [1.165, 1.54) is 0 Å². The first kappa shape index (κ1) is 11.0. The van der Waals surface area contributed by atoms with Crippen LogP contribution in [-0.2, 0) is 7.05 Å². The first-order chi connectivity index (χ1) is 8.70. The largest absolute Gasteiger partial charge is 0.441 e. The van der Waals surface area contributed by atoms with Crippen molar-refractivity contribution < 1.29 is 9.52 Å². The van der Waals surface area contributed by atoms with Crippen LogP contribution in [-0.4, -0.2) is 22.8 Å². The van der Waals surface area contributed by atoms with E-state index in [9.17, 15) is 0 Å². The molecule has 5 heteroatoms. The minimum atomic E-state index is 0.107. The molecule has 0 spiro atoms. The lowest BCUT2D eigenvalue weighted by Crippen LogP contribution is -2.08. The number of aliphatic hydroxyl groups is 1. The number of nitrogens with one attached hydrogen (secondary N) is 1. The molecule has 0 atom stereocenters. The molecular weight excluding hydrogens is 230 g/mol. The molecule has 5 nitrogen and oxygen atoms in total. The van der Waals surface area contributed by atoms with E-state index >= 15 is 0 Å². The van der Waals surface area contributed by atoms with Gasteiger partial charge in [-0.3, -0.25) is 0 Å². The quantitative estimate of drug-likeness (QED) is 0.658. The zero-order valence-electron chi connectivity index (χ0n) is 10.1. The lowest BCUT2D eigenvalue weighted by molar-refractivity contribution is 0.311. The molecule has 0 aliphatic rings. The van der Waals surface area contributed by atoms with Crippen LogP contribution < -0.4 is 11.1 Å². The fourth-order valence-corrected chi connectivity index (χ4v) is 2.30. The molecule has 0 bridgehead atoms. The third kappa shape index (κ3) is 1.52. The Morgan fingerprint density at radius 2 is 2.17 bits per heavy atom. The molecule has 0 fully saturated rings. The van der Waals surface area contributed by atoms with Gasteiger partial charge < -0.3 is 25.1 Å². The number of nitrogens with two attached hydrogens (primary N) is 1. The zero-order chi connectivity index (χ0) is 12.7. The monoisotopic (exact) mass is 245 g/mol. The number of rotatable bonds is 3. The normalized spacial score (nSPS) is 11.4. The summed E-state index contributed by atoms with van der Waals surface area (Å²) in [5, 5.41) is 14.1. The summed E-state index contributed by atoms with van der Waals surface area (Å²) >= 11 is 0. The van der Waals surface area contributed by atoms with Gasteiger partial charge in [-0.1, -0.05) is 0 Å². The smallest absolute Gasteiger partial charge is 0.191 e. The molecule has 1 aromatic carbocycles. The van der Waals surface area contributed by atoms with Gasteiger partial charge in [0.2, 0.25) is 0 Å². The van der Waals surface area contributed by atoms with Crippen LogP contribution in [0, 0.1) is 0 Å². The van der Waals surface area contributed by atoms with E-state index in [-0.39, 0.29) is 6.61 Å². The number of hydrogen-bond acceptors (Lipinski definition) is 4. The SMILES string of the molecule is Cn1c(NCCO)cc2c3cc(N)oc3ccc21. The van der Waals surface area contributed by atoms with Crippen molar-refractivity contribution in [2.75, 3.05) is 24.2 Å². The lowest BCUT2D eigenvalue weighted by atomic mass is 10.2. The van der Waals surface area contributed by atoms with Crippen molar-refractivity contribution in [2.24, 2.45) is 7.05 Å². The number of aromatic nitrogens is 1. The maximum Gasteiger partial charge on any atom is 0.191 e. The molecule has 4 N–H and O–H groups in total. The van der Waals surface area contributed by atoms with E-state index < -0.39 is 0 Å². The average molecular weight is 245 g/mol. The standard InChI is InChI=1S/C13H15N3O2/c1-16-10-2-3-11-9(6-12(14)18-11)8(10)7-13(16)15-4-5-17/h2-3,6-7,15,17H,4-5,14H2,1H3. The summed E-state index contributed by atoms with van der Waals surface area (Å²) in [7, 11) is 1.98. The third-order valence-electron chi connectivity index (χ3n) is 3.16. The number of aryl methyl sites for hydroxylation is 1. The summed E-state index contributed by atoms with van der Waals surface area (Å²) in [5.41, 5.74) is 7.58. The highest BCUT2D eigenvalue weighted by molar-refractivity contribution is 6.07. The molecule has 0 radical (unpaired) electrons. The predicted molar refractivity (Wildman–Crippen MR) is 72.7 cm³/mol. The molecule has 0 aliphatic carbocycles. The van der Waals surface area contributed by atoms with E-state index in [0.717, 1.165) is 27.7 Å². The maximum absolute atomic E-state index is 8.87. The highest BCUT2D eigenvalue weighted by Gasteiger charge is 2.11. The van der Waals surface area contributed by atoms with E-state index in [1.807, 2.05) is 35.9 Å². The van der Waals surface area contributed by atoms with E-state index in [4.69, 9.17) is 15.3 Å². The van der Waals surface area contributed by atoms with E-state index in [2.05, 4.69) is 5.32 Å². The molecule has 0 unspecified atom stereocenters. The van der Waals surface area contributed by atoms with Gasteiger partial charge in [0.05, 0.1) is 12.1 Å². The van der Waals surface area contributed by atoms with Gasteiger partial charge in [0.1, 0.15) is 11.4 Å². The van der Waals surface area contributed by atoms with Crippen LogP contribution in [0.4, 0.5) is 11.7 Å². The number of nitrogen functional groups attached to an aromatic ring is 1. The van der Waals surface area contributed by atoms with Gasteiger partial charge in [0.15, 0.2) is 5.88 Å². The minimum Gasteiger partial charge on any atom is -0.441 e. The Labute approximate surface area is 104 Å². The molecule has 0 aliphatic heterocycles. The Kier molecular flexibility index (Phi) is 2.41. The summed E-state index contributed by atoms with van der Waals surface area (Å²) in [4.78, 5) is 0. The Morgan fingerprint density at radius 1 is 1.33 bits per heavy atom. The fourth-order valence-electron chi connectivity index (χ4n) is 2.30. The third-order valence-corrected chi connectivity index (χ3v) is 3.16. The van der Waals surface area contributed by atoms with Crippen molar-refractivity contribution in [3.63, 3.8) is 0 Å². The summed E-state index contributed by atoms with van der Waals surface area (Å²) in [6.45, 7) is 0.635. The van der Waals surface area contributed by atoms with Gasteiger partial charge >= 0.3 is 0 Å². The van der Waals surface area contributed by atoms with Gasteiger partial charge in [-0.05, 0) is 18.2 Å². The van der Waals surface area contributed by atoms with Crippen molar-refractivity contribution in [2.45, 2.75) is 0 Å². The van der Waals surface area contributed by atoms with Gasteiger partial charge in [0.25, 0.3) is 0 Å². The van der Waals surface area contributed by atoms with Crippen LogP contribution in [0.2, 0.25) is 0 Å². The summed E-state index contributed by atoms with van der Waals surface area (Å²) in [5.74, 6) is 1.39. The molecule has 94 valence electrons. The molecule has 3 rings (SSSR count). The lowest BCUT2D eigenvalue weighted by Gasteiger charge is -2.05. The highest BCUT2D eigenvalue weighted by Crippen LogP contribution is 2.32. The van der Waals surface area contributed by atoms with Crippen LogP contribution in [0.15, 0.2) is 28.7 Å². The van der Waals surface area contributed by atoms with Crippen LogP contribution in [0.25, 0.3) is 21.9 Å². The van der Waals surface area contributed by atoms with Crippen molar-refractivity contribution >= 4 is 33.6 Å². The molecule has 2 aromatic heterocycles. The van der Waals surface area contributed by atoms with Crippen molar-refractivity contribution in [1.29, 1.82) is 0 Å². The molecule has 2 heterocycles. The van der Waals surface area contributed by atoms with Crippen LogP contribution in [0.1, 0.15) is 0 Å². The molecular formula is C13H15N3O2. The van der Waals surface area contributed by atoms with Crippen LogP contribution in [0.5, 0.6) is 0 Å². The van der Waals surface area contributed by atoms with Gasteiger partial charge in [-0.15, -0.1) is 0 Å². The Bertz CT molecular complexity index is 712. The van der Waals surface area contributed by atoms with Crippen LogP contribution in [0.3, 0.4) is 0 Å². The number of aliphatic hydroxyl groups excluding tert-OH is 1. The van der Waals surface area contributed by atoms with E-state index in [0.29, 0.717) is 12.4 Å². The first-order valence-corrected chi connectivity index (χ1v) is 5.83. The van der Waals surface area contributed by atoms with Crippen molar-refractivity contribution in [1.82, 2.24) is 4.57 Å². The first-order valence-electron chi connectivity index (χ1n) is 5.83. The number of fused-ring (bicyclic) bond motifs is 3. The molecule has 0 amide bonds.